The Morgan fingerprint density at radius 1 is 0.538 bits per heavy atom. The number of rotatable bonds is 27. The Kier molecular flexibility index (Phi) is 21.8. The molecule has 39 heavy (non-hydrogen) atoms. The van der Waals surface area contributed by atoms with Crippen molar-refractivity contribution >= 4 is 17.9 Å². The van der Waals surface area contributed by atoms with Crippen LogP contribution in [0.25, 0.3) is 0 Å². The van der Waals surface area contributed by atoms with Gasteiger partial charge in [-0.05, 0) is 32.1 Å². The van der Waals surface area contributed by atoms with Crippen LogP contribution >= 0.6 is 0 Å². The highest BCUT2D eigenvalue weighted by atomic mass is 16.4. The molecule has 3 N–H and O–H groups in total. The third kappa shape index (κ3) is 19.8. The Bertz CT molecular complexity index is 632. The molecule has 0 rings (SSSR count). The molecule has 0 bridgehead atoms. The lowest BCUT2D eigenvalue weighted by Gasteiger charge is -2.40. The molecule has 0 saturated heterocycles. The molecule has 7 nitrogen and oxygen atoms in total. The number of quaternary nitrogens is 1. The lowest BCUT2D eigenvalue weighted by atomic mass is 10.0. The molecule has 0 amide bonds. The van der Waals surface area contributed by atoms with Crippen molar-refractivity contribution in [1.82, 2.24) is 0 Å². The molecule has 0 aromatic rings. The van der Waals surface area contributed by atoms with Gasteiger partial charge in [0, 0.05) is 19.3 Å². The first-order chi connectivity index (χ1) is 18.5. The van der Waals surface area contributed by atoms with Crippen molar-refractivity contribution in [2.45, 2.75) is 130 Å². The van der Waals surface area contributed by atoms with Gasteiger partial charge < -0.3 is 19.8 Å². The Hall–Kier alpha value is -1.89. The summed E-state index contributed by atoms with van der Waals surface area (Å²) in [5, 5.41) is 28.2. The lowest BCUT2D eigenvalue weighted by molar-refractivity contribution is -0.929. The highest BCUT2D eigenvalue weighted by molar-refractivity contribution is 5.70. The molecule has 0 heterocycles. The van der Waals surface area contributed by atoms with Crippen molar-refractivity contribution in [2.75, 3.05) is 26.2 Å². The predicted octanol–water partition coefficient (Wildman–Crippen LogP) is 7.78. The van der Waals surface area contributed by atoms with Gasteiger partial charge in [0.05, 0.1) is 43.9 Å². The molecule has 0 aliphatic carbocycles. The molecule has 7 heteroatoms. The first-order valence-corrected chi connectivity index (χ1v) is 15.7. The van der Waals surface area contributed by atoms with Crippen molar-refractivity contribution < 1.29 is 34.2 Å². The number of aliphatic carboxylic acids is 3. The van der Waals surface area contributed by atoms with E-state index in [1.54, 1.807) is 20.8 Å². The molecule has 0 aromatic heterocycles. The molecule has 0 aliphatic heterocycles. The fraction of sp³-hybridized carbons (Fsp3) is 0.844. The van der Waals surface area contributed by atoms with Crippen LogP contribution < -0.4 is 0 Å². The number of hydrogen-bond donors (Lipinski definition) is 3. The summed E-state index contributed by atoms with van der Waals surface area (Å²) in [5.74, 6) is -3.91. The van der Waals surface area contributed by atoms with E-state index in [1.807, 2.05) is 0 Å². The number of allylic oxidation sites excluding steroid dienone is 2. The normalized spacial score (nSPS) is 15.6. The van der Waals surface area contributed by atoms with Gasteiger partial charge >= 0.3 is 17.9 Å². The summed E-state index contributed by atoms with van der Waals surface area (Å²) in [4.78, 5) is 34.4. The maximum absolute atomic E-state index is 11.5. The highest BCUT2D eigenvalue weighted by Crippen LogP contribution is 2.22. The monoisotopic (exact) mass is 554 g/mol. The number of nitrogens with zero attached hydrogens (tertiary/aromatic N) is 1. The van der Waals surface area contributed by atoms with Gasteiger partial charge in [-0.1, -0.05) is 91.2 Å². The molecule has 0 spiro atoms. The Morgan fingerprint density at radius 2 is 0.872 bits per heavy atom. The summed E-state index contributed by atoms with van der Waals surface area (Å²) >= 11 is 0. The van der Waals surface area contributed by atoms with Crippen LogP contribution in [0.5, 0.6) is 0 Å². The number of carboxylic acids is 3. The van der Waals surface area contributed by atoms with E-state index in [0.717, 1.165) is 19.4 Å². The summed E-state index contributed by atoms with van der Waals surface area (Å²) in [6.45, 7) is 10.1. The van der Waals surface area contributed by atoms with Gasteiger partial charge in [-0.2, -0.15) is 0 Å². The van der Waals surface area contributed by atoms with Crippen LogP contribution in [0.2, 0.25) is 0 Å². The van der Waals surface area contributed by atoms with Gasteiger partial charge in [-0.15, -0.1) is 0 Å². The Labute approximate surface area is 238 Å². The Morgan fingerprint density at radius 3 is 1.23 bits per heavy atom. The SMILES string of the molecule is CCCC/C=C/CCCCCCCCCCC[N+](CCC(C)C(=O)O)(CCC(C)C(=O)O)CCC(C)C(=O)O. The molecule has 0 fully saturated rings. The summed E-state index contributed by atoms with van der Waals surface area (Å²) < 4.78 is 0.611. The van der Waals surface area contributed by atoms with Gasteiger partial charge in [0.2, 0.25) is 0 Å². The van der Waals surface area contributed by atoms with E-state index in [0.29, 0.717) is 43.4 Å². The van der Waals surface area contributed by atoms with Crippen LogP contribution in [0.4, 0.5) is 0 Å². The van der Waals surface area contributed by atoms with Gasteiger partial charge in [0.1, 0.15) is 0 Å². The van der Waals surface area contributed by atoms with Crippen molar-refractivity contribution in [1.29, 1.82) is 0 Å². The molecule has 0 aliphatic rings. The van der Waals surface area contributed by atoms with Crippen molar-refractivity contribution in [2.24, 2.45) is 17.8 Å². The quantitative estimate of drug-likeness (QED) is 0.0543. The topological polar surface area (TPSA) is 112 Å². The first-order valence-electron chi connectivity index (χ1n) is 15.7. The minimum atomic E-state index is -0.825. The number of carbonyl (C=O) groups is 3. The largest absolute Gasteiger partial charge is 0.481 e. The summed E-state index contributed by atoms with van der Waals surface area (Å²) in [6, 6.07) is 0. The van der Waals surface area contributed by atoms with Crippen LogP contribution in [-0.4, -0.2) is 63.9 Å². The van der Waals surface area contributed by atoms with Crippen LogP contribution in [-0.2, 0) is 14.4 Å². The van der Waals surface area contributed by atoms with Gasteiger partial charge in [0.25, 0.3) is 0 Å². The maximum atomic E-state index is 11.5. The third-order valence-corrected chi connectivity index (χ3v) is 8.27. The molecular formula is C32H60NO6+. The minimum Gasteiger partial charge on any atom is -0.481 e. The van der Waals surface area contributed by atoms with Crippen LogP contribution in [0.1, 0.15) is 130 Å². The van der Waals surface area contributed by atoms with E-state index >= 15 is 0 Å². The van der Waals surface area contributed by atoms with Crippen molar-refractivity contribution in [3.63, 3.8) is 0 Å². The predicted molar refractivity (Wildman–Crippen MR) is 159 cm³/mol. The second kappa shape index (κ2) is 22.9. The zero-order valence-electron chi connectivity index (χ0n) is 25.5. The van der Waals surface area contributed by atoms with E-state index < -0.39 is 35.7 Å². The summed E-state index contributed by atoms with van der Waals surface area (Å²) in [5.41, 5.74) is 0. The molecule has 0 aromatic carbocycles. The summed E-state index contributed by atoms with van der Waals surface area (Å²) in [6.07, 6.45) is 22.0. The molecule has 3 unspecified atom stereocenters. The number of hydrogen-bond acceptors (Lipinski definition) is 3. The van der Waals surface area contributed by atoms with Crippen LogP contribution in [0.3, 0.4) is 0 Å². The smallest absolute Gasteiger partial charge is 0.306 e. The molecule has 0 saturated carbocycles. The van der Waals surface area contributed by atoms with E-state index in [2.05, 4.69) is 19.1 Å². The van der Waals surface area contributed by atoms with Crippen LogP contribution in [0, 0.1) is 17.8 Å². The lowest BCUT2D eigenvalue weighted by Crippen LogP contribution is -2.52. The van der Waals surface area contributed by atoms with Crippen LogP contribution in [0.15, 0.2) is 12.2 Å². The molecular weight excluding hydrogens is 494 g/mol. The fourth-order valence-electron chi connectivity index (χ4n) is 4.95. The average molecular weight is 555 g/mol. The minimum absolute atomic E-state index is 0.478. The number of unbranched alkanes of at least 4 members (excludes halogenated alkanes) is 11. The van der Waals surface area contributed by atoms with Gasteiger partial charge in [0.15, 0.2) is 0 Å². The molecule has 228 valence electrons. The second-order valence-corrected chi connectivity index (χ2v) is 11.9. The maximum Gasteiger partial charge on any atom is 0.306 e. The first kappa shape index (κ1) is 37.1. The van der Waals surface area contributed by atoms with E-state index in [4.69, 9.17) is 0 Å². The second-order valence-electron chi connectivity index (χ2n) is 11.9. The zero-order chi connectivity index (χ0) is 29.5. The highest BCUT2D eigenvalue weighted by Gasteiger charge is 2.31. The standard InChI is InChI=1S/C32H59NO6/c1-5-6-7-8-9-10-11-12-13-14-15-16-17-18-19-23-33(24-20-27(2)30(34)35,25-21-28(3)31(36)37)26-22-29(4)32(38)39/h8-9,27-29H,5-7,10-26H2,1-4H3,(H2-,34,35,36,37,38,39)/p+1/b9-8+. The van der Waals surface area contributed by atoms with Crippen molar-refractivity contribution in [3.05, 3.63) is 12.2 Å². The third-order valence-electron chi connectivity index (χ3n) is 8.27. The molecule has 0 radical (unpaired) electrons. The van der Waals surface area contributed by atoms with Gasteiger partial charge in [-0.3, -0.25) is 14.4 Å². The van der Waals surface area contributed by atoms with Gasteiger partial charge in [-0.25, -0.2) is 0 Å². The zero-order valence-corrected chi connectivity index (χ0v) is 25.5. The molecule has 3 atom stereocenters. The van der Waals surface area contributed by atoms with E-state index in [1.165, 1.54) is 70.6 Å². The van der Waals surface area contributed by atoms with E-state index in [-0.39, 0.29) is 0 Å². The average Bonchev–Trinajstić information content (AvgIpc) is 2.90. The number of carboxylic acid groups (broad SMARTS) is 3. The Balaban J connectivity index is 4.71. The van der Waals surface area contributed by atoms with Crippen molar-refractivity contribution in [3.8, 4) is 0 Å². The summed E-state index contributed by atoms with van der Waals surface area (Å²) in [7, 11) is 0. The van der Waals surface area contributed by atoms with E-state index in [9.17, 15) is 29.7 Å². The fourth-order valence-corrected chi connectivity index (χ4v) is 4.95.